The lowest BCUT2D eigenvalue weighted by Crippen LogP contribution is -2.33. The van der Waals surface area contributed by atoms with Crippen LogP contribution in [-0.2, 0) is 16.0 Å². The summed E-state index contributed by atoms with van der Waals surface area (Å²) in [7, 11) is 0. The number of benzene rings is 2. The third-order valence-electron chi connectivity index (χ3n) is 5.48. The highest BCUT2D eigenvalue weighted by atomic mass is 35.5. The number of ether oxygens (including phenoxy) is 1. The second-order valence-electron chi connectivity index (χ2n) is 7.48. The molecule has 0 atom stereocenters. The van der Waals surface area contributed by atoms with Gasteiger partial charge in [-0.2, -0.15) is 0 Å². The van der Waals surface area contributed by atoms with Gasteiger partial charge in [-0.15, -0.1) is 0 Å². The maximum Gasteiger partial charge on any atom is 0.262 e. The Labute approximate surface area is 179 Å². The SMILES string of the molecule is O=C(COc1ccc(Cl)cc1Cl)Nc1ccc2c(c1)CCN2C(=O)C1CCCC1. The molecule has 1 saturated carbocycles. The Morgan fingerprint density at radius 1 is 1.10 bits per heavy atom. The van der Waals surface area contributed by atoms with Crippen molar-refractivity contribution in [2.75, 3.05) is 23.4 Å². The molecule has 0 radical (unpaired) electrons. The van der Waals surface area contributed by atoms with E-state index in [0.29, 0.717) is 28.0 Å². The average molecular weight is 433 g/mol. The number of anilines is 2. The molecule has 0 unspecified atom stereocenters. The monoisotopic (exact) mass is 432 g/mol. The molecular weight excluding hydrogens is 411 g/mol. The van der Waals surface area contributed by atoms with E-state index in [1.807, 2.05) is 23.1 Å². The Kier molecular flexibility index (Phi) is 5.97. The molecule has 2 aliphatic rings. The Morgan fingerprint density at radius 2 is 1.90 bits per heavy atom. The molecule has 1 fully saturated rings. The van der Waals surface area contributed by atoms with Gasteiger partial charge in [0.15, 0.2) is 6.61 Å². The number of nitrogens with zero attached hydrogens (tertiary/aromatic N) is 1. The lowest BCUT2D eigenvalue weighted by molar-refractivity contribution is -0.122. The number of hydrogen-bond acceptors (Lipinski definition) is 3. The highest BCUT2D eigenvalue weighted by Crippen LogP contribution is 2.35. The topological polar surface area (TPSA) is 58.6 Å². The quantitative estimate of drug-likeness (QED) is 0.715. The lowest BCUT2D eigenvalue weighted by Gasteiger charge is -2.21. The Balaban J connectivity index is 1.36. The summed E-state index contributed by atoms with van der Waals surface area (Å²) in [6.07, 6.45) is 5.08. The van der Waals surface area contributed by atoms with Crippen molar-refractivity contribution in [3.8, 4) is 5.75 Å². The van der Waals surface area contributed by atoms with Crippen LogP contribution >= 0.6 is 23.2 Å². The molecule has 7 heteroatoms. The molecule has 1 aliphatic heterocycles. The minimum absolute atomic E-state index is 0.162. The van der Waals surface area contributed by atoms with Crippen LogP contribution in [0.3, 0.4) is 0 Å². The van der Waals surface area contributed by atoms with Crippen LogP contribution in [0.25, 0.3) is 0 Å². The van der Waals surface area contributed by atoms with Gasteiger partial charge in [0.05, 0.1) is 5.02 Å². The van der Waals surface area contributed by atoms with Gasteiger partial charge in [0.2, 0.25) is 5.91 Å². The van der Waals surface area contributed by atoms with Crippen LogP contribution in [0.1, 0.15) is 31.2 Å². The van der Waals surface area contributed by atoms with Crippen molar-refractivity contribution in [2.24, 2.45) is 5.92 Å². The molecule has 4 rings (SSSR count). The van der Waals surface area contributed by atoms with Crippen LogP contribution in [0.4, 0.5) is 11.4 Å². The predicted octanol–water partition coefficient (Wildman–Crippen LogP) is 5.09. The van der Waals surface area contributed by atoms with Crippen LogP contribution in [0.15, 0.2) is 36.4 Å². The summed E-state index contributed by atoms with van der Waals surface area (Å²) in [5, 5.41) is 3.70. The third-order valence-corrected chi connectivity index (χ3v) is 6.01. The molecule has 0 aromatic heterocycles. The van der Waals surface area contributed by atoms with Crippen molar-refractivity contribution < 1.29 is 14.3 Å². The molecule has 152 valence electrons. The van der Waals surface area contributed by atoms with Gasteiger partial charge in [0, 0.05) is 28.9 Å². The highest BCUT2D eigenvalue weighted by Gasteiger charge is 2.31. The molecule has 0 spiro atoms. The molecule has 0 saturated heterocycles. The van der Waals surface area contributed by atoms with Crippen LogP contribution in [0.5, 0.6) is 5.75 Å². The Hall–Kier alpha value is -2.24. The normalized spacial score (nSPS) is 16.0. The van der Waals surface area contributed by atoms with E-state index in [-0.39, 0.29) is 24.3 Å². The van der Waals surface area contributed by atoms with Gasteiger partial charge in [0.25, 0.3) is 5.91 Å². The molecule has 29 heavy (non-hydrogen) atoms. The van der Waals surface area contributed by atoms with Crippen molar-refractivity contribution in [3.05, 3.63) is 52.0 Å². The van der Waals surface area contributed by atoms with Crippen LogP contribution in [0.2, 0.25) is 10.0 Å². The number of hydrogen-bond donors (Lipinski definition) is 1. The standard InChI is InChI=1S/C22H22Cl2N2O3/c23-16-5-8-20(18(24)12-16)29-13-21(27)25-17-6-7-19-15(11-17)9-10-26(19)22(28)14-3-1-2-4-14/h5-8,11-12,14H,1-4,9-10,13H2,(H,25,27). The fraction of sp³-hybridized carbons (Fsp3) is 0.364. The van der Waals surface area contributed by atoms with Gasteiger partial charge in [-0.3, -0.25) is 9.59 Å². The summed E-state index contributed by atoms with van der Waals surface area (Å²) < 4.78 is 5.47. The van der Waals surface area contributed by atoms with Gasteiger partial charge < -0.3 is 15.0 Å². The molecule has 2 aromatic carbocycles. The van der Waals surface area contributed by atoms with E-state index in [1.165, 1.54) is 0 Å². The molecular formula is C22H22Cl2N2O3. The molecule has 1 heterocycles. The van der Waals surface area contributed by atoms with Gasteiger partial charge in [0.1, 0.15) is 5.75 Å². The molecule has 1 aliphatic carbocycles. The van der Waals surface area contributed by atoms with E-state index in [0.717, 1.165) is 43.4 Å². The van der Waals surface area contributed by atoms with Crippen molar-refractivity contribution >= 4 is 46.4 Å². The number of halogens is 2. The second kappa shape index (κ2) is 8.64. The summed E-state index contributed by atoms with van der Waals surface area (Å²) in [5.74, 6) is 0.525. The largest absolute Gasteiger partial charge is 0.482 e. The third kappa shape index (κ3) is 4.51. The predicted molar refractivity (Wildman–Crippen MR) is 115 cm³/mol. The van der Waals surface area contributed by atoms with Crippen LogP contribution < -0.4 is 15.0 Å². The number of rotatable bonds is 5. The summed E-state index contributed by atoms with van der Waals surface area (Å²) in [6.45, 7) is 0.547. The summed E-state index contributed by atoms with van der Waals surface area (Å²) >= 11 is 11.9. The fourth-order valence-electron chi connectivity index (χ4n) is 4.03. The number of carbonyl (C=O) groups excluding carboxylic acids is 2. The van der Waals surface area contributed by atoms with Gasteiger partial charge in [-0.05, 0) is 61.2 Å². The first kappa shape index (κ1) is 20.0. The smallest absolute Gasteiger partial charge is 0.262 e. The summed E-state index contributed by atoms with van der Waals surface area (Å²) in [5.41, 5.74) is 2.73. The first-order valence-corrected chi connectivity index (χ1v) is 10.6. The fourth-order valence-corrected chi connectivity index (χ4v) is 4.50. The minimum Gasteiger partial charge on any atom is -0.482 e. The molecule has 5 nitrogen and oxygen atoms in total. The van der Waals surface area contributed by atoms with E-state index in [2.05, 4.69) is 5.32 Å². The zero-order valence-corrected chi connectivity index (χ0v) is 17.4. The van der Waals surface area contributed by atoms with E-state index in [9.17, 15) is 9.59 Å². The molecule has 2 aromatic rings. The number of nitrogens with one attached hydrogen (secondary N) is 1. The molecule has 0 bridgehead atoms. The van der Waals surface area contributed by atoms with E-state index in [1.54, 1.807) is 18.2 Å². The first-order valence-electron chi connectivity index (χ1n) is 9.83. The maximum absolute atomic E-state index is 12.8. The maximum atomic E-state index is 12.8. The van der Waals surface area contributed by atoms with Crippen molar-refractivity contribution in [3.63, 3.8) is 0 Å². The number of carbonyl (C=O) groups is 2. The minimum atomic E-state index is -0.284. The van der Waals surface area contributed by atoms with Gasteiger partial charge in [-0.25, -0.2) is 0 Å². The summed E-state index contributed by atoms with van der Waals surface area (Å²) in [6, 6.07) is 10.5. The summed E-state index contributed by atoms with van der Waals surface area (Å²) in [4.78, 5) is 26.9. The average Bonchev–Trinajstić information content (AvgIpc) is 3.36. The Morgan fingerprint density at radius 3 is 2.66 bits per heavy atom. The second-order valence-corrected chi connectivity index (χ2v) is 8.32. The lowest BCUT2D eigenvalue weighted by atomic mass is 10.1. The van der Waals surface area contributed by atoms with Gasteiger partial charge in [-0.1, -0.05) is 36.0 Å². The van der Waals surface area contributed by atoms with Crippen LogP contribution in [0, 0.1) is 5.92 Å². The van der Waals surface area contributed by atoms with E-state index in [4.69, 9.17) is 27.9 Å². The zero-order valence-electron chi connectivity index (χ0n) is 15.9. The van der Waals surface area contributed by atoms with Crippen molar-refractivity contribution in [1.29, 1.82) is 0 Å². The van der Waals surface area contributed by atoms with E-state index < -0.39 is 0 Å². The first-order chi connectivity index (χ1) is 14.0. The number of amides is 2. The number of fused-ring (bicyclic) bond motifs is 1. The van der Waals surface area contributed by atoms with E-state index >= 15 is 0 Å². The molecule has 2 amide bonds. The highest BCUT2D eigenvalue weighted by molar-refractivity contribution is 6.35. The van der Waals surface area contributed by atoms with Crippen molar-refractivity contribution in [1.82, 2.24) is 0 Å². The Bertz CT molecular complexity index is 942. The van der Waals surface area contributed by atoms with Crippen molar-refractivity contribution in [2.45, 2.75) is 32.1 Å². The van der Waals surface area contributed by atoms with Gasteiger partial charge >= 0.3 is 0 Å². The van der Waals surface area contributed by atoms with Crippen LogP contribution in [-0.4, -0.2) is 25.0 Å². The zero-order chi connectivity index (χ0) is 20.4. The molecule has 1 N–H and O–H groups in total.